The van der Waals surface area contributed by atoms with Crippen molar-refractivity contribution in [2.24, 2.45) is 0 Å². The van der Waals surface area contributed by atoms with Crippen molar-refractivity contribution < 1.29 is 47.2 Å². The van der Waals surface area contributed by atoms with Gasteiger partial charge < -0.3 is 40.6 Å². The number of nitrogens with zero attached hydrogens (tertiary/aromatic N) is 8. The maximum absolute atomic E-state index is 13.5. The van der Waals surface area contributed by atoms with E-state index in [2.05, 4.69) is 42.2 Å². The highest BCUT2D eigenvalue weighted by Gasteiger charge is 2.53. The number of aliphatic hydroxyl groups excluding tert-OH is 2. The first-order valence-electron chi connectivity index (χ1n) is 12.8. The van der Waals surface area contributed by atoms with E-state index >= 15 is 0 Å². The number of aliphatic hydroxyl groups is 2. The van der Waals surface area contributed by atoms with E-state index in [-0.39, 0.29) is 34.0 Å². The first kappa shape index (κ1) is 30.2. The molecule has 3 saturated heterocycles. The lowest BCUT2D eigenvalue weighted by atomic mass is 10.1. The first-order chi connectivity index (χ1) is 20.9. The third-order valence-corrected chi connectivity index (χ3v) is 10.4. The van der Waals surface area contributed by atoms with E-state index in [1.807, 2.05) is 0 Å². The lowest BCUT2D eigenvalue weighted by Crippen LogP contribution is -2.36. The van der Waals surface area contributed by atoms with E-state index in [4.69, 9.17) is 50.8 Å². The fraction of sp³-hybridized carbons (Fsp3) is 0.500. The molecule has 24 heteroatoms. The second-order valence-electron chi connectivity index (χ2n) is 9.95. The van der Waals surface area contributed by atoms with Crippen LogP contribution in [0.2, 0.25) is 0 Å². The Hall–Kier alpha value is -2.43. The second-order valence-corrected chi connectivity index (χ2v) is 15.6. The van der Waals surface area contributed by atoms with Gasteiger partial charge in [0.05, 0.1) is 25.9 Å². The predicted octanol–water partition coefficient (Wildman–Crippen LogP) is -0.581. The number of fused-ring (bicyclic) bond motifs is 5. The molecule has 0 radical (unpaired) electrons. The Bertz CT molecular complexity index is 1830. The van der Waals surface area contributed by atoms with E-state index in [1.165, 1.54) is 34.4 Å². The molecule has 0 spiro atoms. The highest BCUT2D eigenvalue weighted by Crippen LogP contribution is 2.58. The fourth-order valence-electron chi connectivity index (χ4n) is 5.22. The van der Waals surface area contributed by atoms with Crippen molar-refractivity contribution in [1.29, 1.82) is 0 Å². The van der Waals surface area contributed by atoms with Crippen molar-refractivity contribution in [3.8, 4) is 0 Å². The van der Waals surface area contributed by atoms with Gasteiger partial charge in [-0.3, -0.25) is 22.7 Å². The Balaban J connectivity index is 1.20. The third kappa shape index (κ3) is 5.28. The van der Waals surface area contributed by atoms with Gasteiger partial charge in [-0.15, -0.1) is 0 Å². The normalized spacial score (nSPS) is 38.3. The van der Waals surface area contributed by atoms with Crippen LogP contribution in [-0.2, 0) is 43.9 Å². The van der Waals surface area contributed by atoms with Crippen molar-refractivity contribution in [2.45, 2.75) is 49.1 Å². The number of aromatic nitrogens is 8. The molecule has 7 heterocycles. The Morgan fingerprint density at radius 1 is 0.818 bits per heavy atom. The van der Waals surface area contributed by atoms with Crippen molar-refractivity contribution >= 4 is 71.5 Å². The van der Waals surface area contributed by atoms with Gasteiger partial charge in [-0.25, -0.2) is 34.5 Å². The summed E-state index contributed by atoms with van der Waals surface area (Å²) < 4.78 is 50.8. The van der Waals surface area contributed by atoms with E-state index in [0.717, 1.165) is 0 Å². The Morgan fingerprint density at radius 3 is 2.02 bits per heavy atom. The molecule has 2 bridgehead atoms. The molecule has 10 atom stereocenters. The molecular weight excluding hydrogens is 666 g/mol. The minimum atomic E-state index is -4.30. The fourth-order valence-corrected chi connectivity index (χ4v) is 8.13. The van der Waals surface area contributed by atoms with Gasteiger partial charge in [0.15, 0.2) is 35.4 Å². The molecule has 3 aliphatic rings. The topological polar surface area (TPSA) is 272 Å². The number of hydrogen-bond acceptors (Lipinski definition) is 18. The standard InChI is InChI=1S/C20H24N10O10P2S2/c21-15-9-17(25-3-23-15)29(5-27-9)19-12(32)13-8(38-19)2-36-42(34,44)40-14-11(31)7(1-35-41(33,43)39-13)37-20(14)30-6-28-10-16(22)24-4-26-18(10)30/h3-8,11-14,19-20,31-32H,1-2H2,(H,33,43)(H,34,44)(H2,21,23,25)(H2,22,24,26)/t7-,8-,11?,12+,13?,14?,19-,20-,41?,42?/m1/s1. The number of anilines is 2. The minimum Gasteiger partial charge on any atom is -0.387 e. The second kappa shape index (κ2) is 11.1. The molecule has 20 nitrogen and oxygen atoms in total. The largest absolute Gasteiger partial charge is 0.387 e. The molecule has 4 aromatic heterocycles. The molecule has 44 heavy (non-hydrogen) atoms. The molecule has 0 aliphatic carbocycles. The molecule has 3 aliphatic heterocycles. The van der Waals surface area contributed by atoms with Gasteiger partial charge in [-0.2, -0.15) is 0 Å². The van der Waals surface area contributed by atoms with Crippen LogP contribution in [0.25, 0.3) is 22.3 Å². The van der Waals surface area contributed by atoms with Crippen LogP contribution in [0.4, 0.5) is 11.6 Å². The summed E-state index contributed by atoms with van der Waals surface area (Å²) in [4.78, 5) is 35.5. The van der Waals surface area contributed by atoms with Crippen LogP contribution in [-0.4, -0.2) is 104 Å². The van der Waals surface area contributed by atoms with Crippen LogP contribution in [0.5, 0.6) is 0 Å². The Kier molecular flexibility index (Phi) is 7.64. The molecule has 7 N–H and O–H groups in total. The average molecular weight is 691 g/mol. The van der Waals surface area contributed by atoms with Gasteiger partial charge in [0.2, 0.25) is 0 Å². The summed E-state index contributed by atoms with van der Waals surface area (Å²) in [5.74, 6) is 0.201. The number of thiol groups is 1. The van der Waals surface area contributed by atoms with Gasteiger partial charge in [-0.05, 0) is 11.8 Å². The first-order valence-corrected chi connectivity index (χ1v) is 18.1. The minimum absolute atomic E-state index is 0.0966. The van der Waals surface area contributed by atoms with Crippen LogP contribution in [0, 0.1) is 0 Å². The number of hydrogen-bond donors (Lipinski definition) is 6. The van der Waals surface area contributed by atoms with E-state index in [0.29, 0.717) is 0 Å². The summed E-state index contributed by atoms with van der Waals surface area (Å²) >= 11 is 9.34. The molecule has 0 saturated carbocycles. The summed E-state index contributed by atoms with van der Waals surface area (Å²) in [7, 11) is 0. The quantitative estimate of drug-likeness (QED) is 0.113. The van der Waals surface area contributed by atoms with Crippen molar-refractivity contribution in [2.75, 3.05) is 24.7 Å². The van der Waals surface area contributed by atoms with Crippen LogP contribution < -0.4 is 11.5 Å². The highest BCUT2D eigenvalue weighted by atomic mass is 32.7. The van der Waals surface area contributed by atoms with Gasteiger partial charge in [0.25, 0.3) is 0 Å². The number of nitrogens with two attached hydrogens (primary N) is 2. The summed E-state index contributed by atoms with van der Waals surface area (Å²) in [6, 6.07) is 0. The van der Waals surface area contributed by atoms with Crippen LogP contribution in [0.3, 0.4) is 0 Å². The summed E-state index contributed by atoms with van der Waals surface area (Å²) in [5, 5.41) is 22.4. The van der Waals surface area contributed by atoms with Gasteiger partial charge >= 0.3 is 13.5 Å². The SMILES string of the molecule is Nc1ncnc2c1ncn2[C@@H]1O[C@@H]2COP(O)(=S)OC3[C@@H](COP(=O)(S)OC1C2O)O[C@@H](n1cnc2c(N)ncnc21)[C@H]3O. The van der Waals surface area contributed by atoms with Gasteiger partial charge in [-0.1, -0.05) is 12.2 Å². The number of nitrogen functional groups attached to an aromatic ring is 2. The van der Waals surface area contributed by atoms with Crippen molar-refractivity contribution in [3.63, 3.8) is 0 Å². The monoisotopic (exact) mass is 690 g/mol. The van der Waals surface area contributed by atoms with Gasteiger partial charge in [0, 0.05) is 0 Å². The average Bonchev–Trinajstić information content (AvgIpc) is 3.73. The smallest absolute Gasteiger partial charge is 0.386 e. The summed E-state index contributed by atoms with van der Waals surface area (Å²) in [5.41, 5.74) is 12.8. The van der Waals surface area contributed by atoms with E-state index in [9.17, 15) is 19.7 Å². The van der Waals surface area contributed by atoms with Crippen molar-refractivity contribution in [3.05, 3.63) is 25.3 Å². The number of rotatable bonds is 2. The number of ether oxygens (including phenoxy) is 2. The van der Waals surface area contributed by atoms with Crippen LogP contribution >= 0.6 is 25.8 Å². The summed E-state index contributed by atoms with van der Waals surface area (Å²) in [6.07, 6.45) is -5.40. The molecule has 0 amide bonds. The molecule has 4 aromatic rings. The van der Waals surface area contributed by atoms with Crippen LogP contribution in [0.1, 0.15) is 12.5 Å². The lowest BCUT2D eigenvalue weighted by molar-refractivity contribution is -0.0588. The molecular formula is C20H24N10O10P2S2. The molecule has 5 unspecified atom stereocenters. The van der Waals surface area contributed by atoms with E-state index in [1.54, 1.807) is 0 Å². The highest BCUT2D eigenvalue weighted by molar-refractivity contribution is 8.44. The molecule has 236 valence electrons. The lowest BCUT2D eigenvalue weighted by Gasteiger charge is -2.27. The molecule has 7 rings (SSSR count). The number of imidazole rings is 2. The van der Waals surface area contributed by atoms with Gasteiger partial charge in [0.1, 0.15) is 60.3 Å². The van der Waals surface area contributed by atoms with Crippen molar-refractivity contribution in [1.82, 2.24) is 39.0 Å². The van der Waals surface area contributed by atoms with Crippen LogP contribution in [0.15, 0.2) is 25.3 Å². The maximum atomic E-state index is 13.5. The van der Waals surface area contributed by atoms with E-state index < -0.39 is 75.8 Å². The summed E-state index contributed by atoms with van der Waals surface area (Å²) in [6.45, 7) is -9.47. The zero-order chi connectivity index (χ0) is 31.0. The zero-order valence-corrected chi connectivity index (χ0v) is 25.5. The molecule has 0 aromatic carbocycles. The predicted molar refractivity (Wildman–Crippen MR) is 154 cm³/mol. The zero-order valence-electron chi connectivity index (χ0n) is 22.0. The Morgan fingerprint density at radius 2 is 1.39 bits per heavy atom. The molecule has 3 fully saturated rings. The third-order valence-electron chi connectivity index (χ3n) is 7.26. The Labute approximate surface area is 256 Å². The maximum Gasteiger partial charge on any atom is 0.386 e.